The number of pyridine rings is 2. The second kappa shape index (κ2) is 7.03. The molecule has 0 spiro atoms. The van der Waals surface area contributed by atoms with E-state index in [2.05, 4.69) is 15.4 Å². The Labute approximate surface area is 173 Å². The van der Waals surface area contributed by atoms with Crippen LogP contribution in [0.25, 0.3) is 16.7 Å². The molecule has 3 N–H and O–H groups in total. The number of carbonyl (C=O) groups excluding carboxylic acids is 1. The number of nitrogens with zero attached hydrogens (tertiary/aromatic N) is 4. The number of fused-ring (bicyclic) bond motifs is 1. The predicted octanol–water partition coefficient (Wildman–Crippen LogP) is 1.58. The molecular formula is C19H22N6O4S. The van der Waals surface area contributed by atoms with Crippen molar-refractivity contribution in [3.8, 4) is 5.82 Å². The van der Waals surface area contributed by atoms with E-state index in [9.17, 15) is 13.2 Å². The summed E-state index contributed by atoms with van der Waals surface area (Å²) in [5, 5.41) is 7.82. The Kier molecular flexibility index (Phi) is 4.74. The average molecular weight is 430 g/mol. The SMILES string of the molecule is COC1(c2cc(C)cc(-n3nc(C)c4cnc(NC(N)=O)cc43)n2)CCS(=O)(=O)C1. The zero-order valence-electron chi connectivity index (χ0n) is 16.8. The monoisotopic (exact) mass is 430 g/mol. The summed E-state index contributed by atoms with van der Waals surface area (Å²) in [5.41, 5.74) is 7.06. The Balaban J connectivity index is 1.87. The van der Waals surface area contributed by atoms with E-state index in [1.807, 2.05) is 26.0 Å². The third kappa shape index (κ3) is 3.50. The standard InChI is InChI=1S/C19H22N6O4S/c1-11-6-15(19(29-3)4-5-30(27,28)10-19)22-17(7-11)25-14-8-16(23-18(20)26)21-9-13(14)12(2)24-25/h6-9H,4-5,10H2,1-3H3,(H3,20,21,23,26). The topological polar surface area (TPSA) is 142 Å². The van der Waals surface area contributed by atoms with Gasteiger partial charge in [0.15, 0.2) is 15.7 Å². The van der Waals surface area contributed by atoms with Crippen molar-refractivity contribution in [1.29, 1.82) is 0 Å². The third-order valence-electron chi connectivity index (χ3n) is 5.30. The Morgan fingerprint density at radius 3 is 2.70 bits per heavy atom. The largest absolute Gasteiger partial charge is 0.371 e. The molecule has 2 amide bonds. The first-order valence-electron chi connectivity index (χ1n) is 9.29. The van der Waals surface area contributed by atoms with Gasteiger partial charge in [-0.15, -0.1) is 0 Å². The van der Waals surface area contributed by atoms with Crippen molar-refractivity contribution in [3.05, 3.63) is 41.3 Å². The molecule has 3 aromatic heterocycles. The van der Waals surface area contributed by atoms with Crippen molar-refractivity contribution in [1.82, 2.24) is 19.7 Å². The van der Waals surface area contributed by atoms with Crippen molar-refractivity contribution in [3.63, 3.8) is 0 Å². The highest BCUT2D eigenvalue weighted by Gasteiger charge is 2.45. The second-order valence-corrected chi connectivity index (χ2v) is 9.69. The number of aryl methyl sites for hydroxylation is 2. The van der Waals surface area contributed by atoms with Crippen LogP contribution in [-0.4, -0.2) is 52.8 Å². The zero-order valence-corrected chi connectivity index (χ0v) is 17.7. The molecule has 11 heteroatoms. The number of urea groups is 1. The summed E-state index contributed by atoms with van der Waals surface area (Å²) in [6.07, 6.45) is 1.95. The van der Waals surface area contributed by atoms with E-state index in [4.69, 9.17) is 15.5 Å². The summed E-state index contributed by atoms with van der Waals surface area (Å²) in [4.78, 5) is 20.1. The first-order valence-corrected chi connectivity index (χ1v) is 11.1. The highest BCUT2D eigenvalue weighted by Crippen LogP contribution is 2.37. The average Bonchev–Trinajstić information content (AvgIpc) is 3.18. The lowest BCUT2D eigenvalue weighted by molar-refractivity contribution is 0.00493. The van der Waals surface area contributed by atoms with Crippen LogP contribution in [0.1, 0.15) is 23.4 Å². The quantitative estimate of drug-likeness (QED) is 0.640. The van der Waals surface area contributed by atoms with Crippen molar-refractivity contribution < 1.29 is 17.9 Å². The fourth-order valence-electron chi connectivity index (χ4n) is 3.80. The van der Waals surface area contributed by atoms with Gasteiger partial charge in [-0.2, -0.15) is 5.10 Å². The van der Waals surface area contributed by atoms with E-state index in [-0.39, 0.29) is 11.5 Å². The van der Waals surface area contributed by atoms with Crippen LogP contribution >= 0.6 is 0 Å². The van der Waals surface area contributed by atoms with E-state index < -0.39 is 21.5 Å². The summed E-state index contributed by atoms with van der Waals surface area (Å²) in [5.74, 6) is 0.755. The number of hydrogen-bond acceptors (Lipinski definition) is 7. The molecule has 1 fully saturated rings. The van der Waals surface area contributed by atoms with Gasteiger partial charge in [-0.25, -0.2) is 27.9 Å². The zero-order chi connectivity index (χ0) is 21.7. The smallest absolute Gasteiger partial charge is 0.317 e. The molecule has 0 radical (unpaired) electrons. The maximum absolute atomic E-state index is 12.1. The molecule has 0 bridgehead atoms. The first-order chi connectivity index (χ1) is 14.1. The van der Waals surface area contributed by atoms with Gasteiger partial charge in [0.1, 0.15) is 11.4 Å². The van der Waals surface area contributed by atoms with Gasteiger partial charge in [-0.05, 0) is 38.0 Å². The van der Waals surface area contributed by atoms with E-state index in [0.29, 0.717) is 29.3 Å². The number of nitrogens with two attached hydrogens (primary N) is 1. The van der Waals surface area contributed by atoms with Gasteiger partial charge in [0, 0.05) is 24.8 Å². The fourth-order valence-corrected chi connectivity index (χ4v) is 5.71. The van der Waals surface area contributed by atoms with Crippen LogP contribution in [0.3, 0.4) is 0 Å². The summed E-state index contributed by atoms with van der Waals surface area (Å²) >= 11 is 0. The van der Waals surface area contributed by atoms with Crippen LogP contribution in [0, 0.1) is 13.8 Å². The molecule has 4 rings (SSSR count). The Morgan fingerprint density at radius 1 is 1.30 bits per heavy atom. The number of sulfone groups is 1. The van der Waals surface area contributed by atoms with Gasteiger partial charge in [-0.1, -0.05) is 0 Å². The number of anilines is 1. The van der Waals surface area contributed by atoms with Gasteiger partial charge in [0.25, 0.3) is 0 Å². The molecule has 1 aliphatic heterocycles. The molecule has 4 heterocycles. The van der Waals surface area contributed by atoms with Gasteiger partial charge in [0.2, 0.25) is 0 Å². The van der Waals surface area contributed by atoms with E-state index >= 15 is 0 Å². The van der Waals surface area contributed by atoms with Crippen LogP contribution in [0.5, 0.6) is 0 Å². The predicted molar refractivity (Wildman–Crippen MR) is 111 cm³/mol. The number of rotatable bonds is 4. The van der Waals surface area contributed by atoms with Crippen molar-refractivity contribution >= 4 is 32.6 Å². The molecule has 1 saturated heterocycles. The second-order valence-electron chi connectivity index (χ2n) is 7.50. The first kappa shape index (κ1) is 20.2. The lowest BCUT2D eigenvalue weighted by atomic mass is 9.97. The van der Waals surface area contributed by atoms with Crippen LogP contribution in [0.15, 0.2) is 24.4 Å². The third-order valence-corrected chi connectivity index (χ3v) is 7.03. The van der Waals surface area contributed by atoms with Gasteiger partial charge in [-0.3, -0.25) is 5.32 Å². The molecule has 1 atom stereocenters. The van der Waals surface area contributed by atoms with Crippen molar-refractivity contribution in [2.45, 2.75) is 25.9 Å². The Hall–Kier alpha value is -3.05. The fraction of sp³-hybridized carbons (Fsp3) is 0.368. The summed E-state index contributed by atoms with van der Waals surface area (Å²) < 4.78 is 31.6. The molecule has 0 aliphatic carbocycles. The molecule has 0 saturated carbocycles. The van der Waals surface area contributed by atoms with E-state index in [1.165, 1.54) is 7.11 Å². The molecule has 1 aliphatic rings. The summed E-state index contributed by atoms with van der Waals surface area (Å²) in [6.45, 7) is 3.75. The number of ether oxygens (including phenoxy) is 1. The normalized spacial score (nSPS) is 20.5. The number of methoxy groups -OCH3 is 1. The molecule has 158 valence electrons. The number of aromatic nitrogens is 4. The minimum Gasteiger partial charge on any atom is -0.371 e. The number of nitrogens with one attached hydrogen (secondary N) is 1. The molecule has 10 nitrogen and oxygen atoms in total. The van der Waals surface area contributed by atoms with Crippen LogP contribution in [0.4, 0.5) is 10.6 Å². The molecule has 1 unspecified atom stereocenters. The lowest BCUT2D eigenvalue weighted by Crippen LogP contribution is -2.31. The van der Waals surface area contributed by atoms with E-state index in [1.54, 1.807) is 16.9 Å². The minimum atomic E-state index is -3.20. The van der Waals surface area contributed by atoms with E-state index in [0.717, 1.165) is 16.6 Å². The van der Waals surface area contributed by atoms with Crippen LogP contribution in [-0.2, 0) is 20.2 Å². The number of primary amides is 1. The van der Waals surface area contributed by atoms with Crippen LogP contribution < -0.4 is 11.1 Å². The molecular weight excluding hydrogens is 408 g/mol. The number of hydrogen-bond donors (Lipinski definition) is 2. The van der Waals surface area contributed by atoms with Crippen molar-refractivity contribution in [2.24, 2.45) is 5.73 Å². The number of carbonyl (C=O) groups is 1. The summed E-state index contributed by atoms with van der Waals surface area (Å²) in [7, 11) is -1.69. The molecule has 30 heavy (non-hydrogen) atoms. The highest BCUT2D eigenvalue weighted by atomic mass is 32.2. The van der Waals surface area contributed by atoms with Gasteiger partial charge >= 0.3 is 6.03 Å². The molecule has 3 aromatic rings. The maximum atomic E-state index is 12.1. The highest BCUT2D eigenvalue weighted by molar-refractivity contribution is 7.91. The minimum absolute atomic E-state index is 0.0589. The maximum Gasteiger partial charge on any atom is 0.317 e. The number of amides is 2. The van der Waals surface area contributed by atoms with Gasteiger partial charge in [0.05, 0.1) is 28.4 Å². The van der Waals surface area contributed by atoms with Gasteiger partial charge < -0.3 is 10.5 Å². The summed E-state index contributed by atoms with van der Waals surface area (Å²) in [6, 6.07) is 4.64. The Bertz CT molecular complexity index is 1270. The Morgan fingerprint density at radius 2 is 2.07 bits per heavy atom. The lowest BCUT2D eigenvalue weighted by Gasteiger charge is -2.26. The van der Waals surface area contributed by atoms with Crippen LogP contribution in [0.2, 0.25) is 0 Å². The molecule has 0 aromatic carbocycles. The van der Waals surface area contributed by atoms with Crippen molar-refractivity contribution in [2.75, 3.05) is 23.9 Å².